The van der Waals surface area contributed by atoms with Crippen molar-refractivity contribution in [2.24, 2.45) is 0 Å². The van der Waals surface area contributed by atoms with E-state index in [4.69, 9.17) is 9.47 Å². The number of methoxy groups -OCH3 is 1. The van der Waals surface area contributed by atoms with Crippen LogP contribution in [0.4, 0.5) is 0 Å². The Bertz CT molecular complexity index is 665. The standard InChI is InChI=1S/C15H16N2O3/c1-3-20-15(18)11-8-16-12-6-10(19-2)7-17-14(12)13(11)9-4-5-9/h6-9H,3-5H2,1-2H3. The maximum atomic E-state index is 12.0. The summed E-state index contributed by atoms with van der Waals surface area (Å²) in [5.41, 5.74) is 3.04. The molecule has 2 aromatic heterocycles. The Morgan fingerprint density at radius 3 is 2.80 bits per heavy atom. The number of hydrogen-bond donors (Lipinski definition) is 0. The Hall–Kier alpha value is -2.17. The Balaban J connectivity index is 2.16. The lowest BCUT2D eigenvalue weighted by atomic mass is 10.0. The van der Waals surface area contributed by atoms with Gasteiger partial charge in [0.05, 0.1) is 36.5 Å². The number of pyridine rings is 2. The van der Waals surface area contributed by atoms with Gasteiger partial charge in [0, 0.05) is 12.3 Å². The molecule has 0 radical (unpaired) electrons. The van der Waals surface area contributed by atoms with Gasteiger partial charge in [-0.15, -0.1) is 0 Å². The van der Waals surface area contributed by atoms with E-state index in [1.54, 1.807) is 26.4 Å². The van der Waals surface area contributed by atoms with Gasteiger partial charge in [-0.05, 0) is 31.2 Å². The Morgan fingerprint density at radius 2 is 2.15 bits per heavy atom. The summed E-state index contributed by atoms with van der Waals surface area (Å²) >= 11 is 0. The van der Waals surface area contributed by atoms with Gasteiger partial charge >= 0.3 is 5.97 Å². The van der Waals surface area contributed by atoms with Crippen molar-refractivity contribution in [1.29, 1.82) is 0 Å². The molecule has 0 spiro atoms. The number of ether oxygens (including phenoxy) is 2. The lowest BCUT2D eigenvalue weighted by Crippen LogP contribution is -2.09. The molecule has 20 heavy (non-hydrogen) atoms. The fraction of sp³-hybridized carbons (Fsp3) is 0.400. The summed E-state index contributed by atoms with van der Waals surface area (Å²) < 4.78 is 10.3. The number of esters is 1. The van der Waals surface area contributed by atoms with E-state index >= 15 is 0 Å². The molecule has 104 valence electrons. The minimum atomic E-state index is -0.318. The zero-order chi connectivity index (χ0) is 14.1. The molecule has 0 N–H and O–H groups in total. The van der Waals surface area contributed by atoms with Gasteiger partial charge in [-0.25, -0.2) is 4.79 Å². The minimum absolute atomic E-state index is 0.318. The molecule has 0 aromatic carbocycles. The average Bonchev–Trinajstić information content (AvgIpc) is 3.30. The third-order valence-corrected chi connectivity index (χ3v) is 3.44. The summed E-state index contributed by atoms with van der Waals surface area (Å²) in [5, 5.41) is 0. The molecule has 0 aliphatic heterocycles. The molecule has 0 amide bonds. The lowest BCUT2D eigenvalue weighted by molar-refractivity contribution is 0.0525. The Morgan fingerprint density at radius 1 is 1.35 bits per heavy atom. The Labute approximate surface area is 116 Å². The van der Waals surface area contributed by atoms with Crippen LogP contribution in [0.2, 0.25) is 0 Å². The van der Waals surface area contributed by atoms with Gasteiger partial charge in [-0.3, -0.25) is 9.97 Å². The molecule has 0 unspecified atom stereocenters. The van der Waals surface area contributed by atoms with Crippen LogP contribution in [0.1, 0.15) is 41.6 Å². The number of carbonyl (C=O) groups excluding carboxylic acids is 1. The predicted octanol–water partition coefficient (Wildman–Crippen LogP) is 2.69. The molecule has 1 fully saturated rings. The van der Waals surface area contributed by atoms with Crippen LogP contribution in [-0.4, -0.2) is 29.7 Å². The van der Waals surface area contributed by atoms with E-state index < -0.39 is 0 Å². The molecule has 0 atom stereocenters. The van der Waals surface area contributed by atoms with Crippen LogP contribution in [0.25, 0.3) is 11.0 Å². The van der Waals surface area contributed by atoms with Crippen LogP contribution in [-0.2, 0) is 4.74 Å². The largest absolute Gasteiger partial charge is 0.495 e. The number of rotatable bonds is 4. The van der Waals surface area contributed by atoms with Gasteiger partial charge < -0.3 is 9.47 Å². The first-order valence-electron chi connectivity index (χ1n) is 6.74. The van der Waals surface area contributed by atoms with Crippen LogP contribution < -0.4 is 4.74 Å². The number of fused-ring (bicyclic) bond motifs is 1. The normalized spacial score (nSPS) is 14.3. The van der Waals surface area contributed by atoms with Crippen molar-refractivity contribution in [2.75, 3.05) is 13.7 Å². The first-order chi connectivity index (χ1) is 9.74. The molecule has 2 heterocycles. The van der Waals surface area contributed by atoms with Gasteiger partial charge in [0.15, 0.2) is 0 Å². The molecule has 0 saturated heterocycles. The van der Waals surface area contributed by atoms with Crippen LogP contribution in [0, 0.1) is 0 Å². The molecule has 1 saturated carbocycles. The highest BCUT2D eigenvalue weighted by atomic mass is 16.5. The molecular weight excluding hydrogens is 256 g/mol. The smallest absolute Gasteiger partial charge is 0.340 e. The van der Waals surface area contributed by atoms with Crippen molar-refractivity contribution in [3.8, 4) is 5.75 Å². The number of carbonyl (C=O) groups is 1. The summed E-state index contributed by atoms with van der Waals surface area (Å²) in [6, 6.07) is 1.84. The molecule has 5 heteroatoms. The van der Waals surface area contributed by atoms with Crippen molar-refractivity contribution in [2.45, 2.75) is 25.7 Å². The molecule has 2 aromatic rings. The van der Waals surface area contributed by atoms with E-state index in [1.165, 1.54) is 0 Å². The SMILES string of the molecule is CCOC(=O)c1cnc2cc(OC)cnc2c1C1CC1. The fourth-order valence-electron chi connectivity index (χ4n) is 2.34. The monoisotopic (exact) mass is 272 g/mol. The summed E-state index contributed by atoms with van der Waals surface area (Å²) in [7, 11) is 1.59. The van der Waals surface area contributed by atoms with Crippen molar-refractivity contribution in [1.82, 2.24) is 9.97 Å². The summed E-state index contributed by atoms with van der Waals surface area (Å²) in [6.07, 6.45) is 5.42. The second-order valence-electron chi connectivity index (χ2n) is 4.82. The number of aromatic nitrogens is 2. The molecule has 3 rings (SSSR count). The zero-order valence-corrected chi connectivity index (χ0v) is 11.5. The second-order valence-corrected chi connectivity index (χ2v) is 4.82. The predicted molar refractivity (Wildman–Crippen MR) is 74.0 cm³/mol. The second kappa shape index (κ2) is 5.07. The zero-order valence-electron chi connectivity index (χ0n) is 11.5. The first kappa shape index (κ1) is 12.8. The molecule has 0 bridgehead atoms. The van der Waals surface area contributed by atoms with Crippen molar-refractivity contribution in [3.63, 3.8) is 0 Å². The van der Waals surface area contributed by atoms with E-state index in [0.717, 1.165) is 29.4 Å². The third-order valence-electron chi connectivity index (χ3n) is 3.44. The molecule has 1 aliphatic carbocycles. The van der Waals surface area contributed by atoms with Gasteiger partial charge in [-0.1, -0.05) is 0 Å². The van der Waals surface area contributed by atoms with Gasteiger partial charge in [0.2, 0.25) is 0 Å². The topological polar surface area (TPSA) is 61.3 Å². The summed E-state index contributed by atoms with van der Waals surface area (Å²) in [5.74, 6) is 0.734. The summed E-state index contributed by atoms with van der Waals surface area (Å²) in [4.78, 5) is 20.8. The van der Waals surface area contributed by atoms with Gasteiger partial charge in [0.25, 0.3) is 0 Å². The highest BCUT2D eigenvalue weighted by Gasteiger charge is 2.31. The van der Waals surface area contributed by atoms with E-state index in [2.05, 4.69) is 9.97 Å². The van der Waals surface area contributed by atoms with Gasteiger partial charge in [-0.2, -0.15) is 0 Å². The minimum Gasteiger partial charge on any atom is -0.495 e. The summed E-state index contributed by atoms with van der Waals surface area (Å²) in [6.45, 7) is 2.16. The van der Waals surface area contributed by atoms with Crippen LogP contribution in [0.15, 0.2) is 18.5 Å². The van der Waals surface area contributed by atoms with Crippen LogP contribution >= 0.6 is 0 Å². The fourth-order valence-corrected chi connectivity index (χ4v) is 2.34. The van der Waals surface area contributed by atoms with E-state index in [-0.39, 0.29) is 5.97 Å². The van der Waals surface area contributed by atoms with Crippen molar-refractivity contribution in [3.05, 3.63) is 29.6 Å². The molecule has 1 aliphatic rings. The van der Waals surface area contributed by atoms with Gasteiger partial charge in [0.1, 0.15) is 5.75 Å². The maximum absolute atomic E-state index is 12.0. The average molecular weight is 272 g/mol. The number of hydrogen-bond acceptors (Lipinski definition) is 5. The first-order valence-corrected chi connectivity index (χ1v) is 6.74. The van der Waals surface area contributed by atoms with Crippen LogP contribution in [0.3, 0.4) is 0 Å². The quantitative estimate of drug-likeness (QED) is 0.801. The Kier molecular flexibility index (Phi) is 3.26. The maximum Gasteiger partial charge on any atom is 0.340 e. The molecule has 5 nitrogen and oxygen atoms in total. The highest BCUT2D eigenvalue weighted by molar-refractivity contribution is 5.96. The van der Waals surface area contributed by atoms with E-state index in [9.17, 15) is 4.79 Å². The lowest BCUT2D eigenvalue weighted by Gasteiger charge is -2.11. The van der Waals surface area contributed by atoms with Crippen molar-refractivity contribution >= 4 is 17.0 Å². The number of nitrogens with zero attached hydrogens (tertiary/aromatic N) is 2. The highest BCUT2D eigenvalue weighted by Crippen LogP contribution is 2.44. The van der Waals surface area contributed by atoms with Crippen molar-refractivity contribution < 1.29 is 14.3 Å². The van der Waals surface area contributed by atoms with Crippen LogP contribution in [0.5, 0.6) is 5.75 Å². The third kappa shape index (κ3) is 2.19. The van der Waals surface area contributed by atoms with E-state index in [1.807, 2.05) is 6.07 Å². The van der Waals surface area contributed by atoms with E-state index in [0.29, 0.717) is 23.8 Å². The molecular formula is C15H16N2O3.